The largest absolute Gasteiger partial charge is 0.497 e. The Labute approximate surface area is 343 Å². The number of fused-ring (bicyclic) bond motifs is 3. The smallest absolute Gasteiger partial charge is 0.453 e. The molecule has 0 bridgehead atoms. The Morgan fingerprint density at radius 2 is 0.948 bits per heavy atom. The number of methoxy groups -OCH3 is 2. The van der Waals surface area contributed by atoms with Crippen molar-refractivity contribution in [3.8, 4) is 45.6 Å². The molecule has 0 radical (unpaired) electrons. The van der Waals surface area contributed by atoms with Crippen LogP contribution in [0.25, 0.3) is 33.1 Å². The van der Waals surface area contributed by atoms with E-state index in [1.807, 2.05) is 133 Å². The van der Waals surface area contributed by atoms with E-state index in [1.54, 1.807) is 14.2 Å². The first kappa shape index (κ1) is 40.6. The van der Waals surface area contributed by atoms with Gasteiger partial charge in [0.2, 0.25) is 0 Å². The molecule has 0 unspecified atom stereocenters. The lowest BCUT2D eigenvalue weighted by Crippen LogP contribution is -2.12. The van der Waals surface area contributed by atoms with Crippen molar-refractivity contribution in [2.24, 2.45) is 0 Å². The average Bonchev–Trinajstić information content (AvgIpc) is 3.36. The van der Waals surface area contributed by atoms with Gasteiger partial charge in [0.1, 0.15) is 45.7 Å². The van der Waals surface area contributed by atoms with Gasteiger partial charge in [-0.15, -0.1) is 0 Å². The van der Waals surface area contributed by atoms with Crippen molar-refractivity contribution >= 4 is 38.6 Å². The molecule has 7 rings (SSSR count). The van der Waals surface area contributed by atoms with Gasteiger partial charge in [0.25, 0.3) is 8.38 Å². The molecule has 0 aliphatic heterocycles. The molecule has 1 heterocycles. The van der Waals surface area contributed by atoms with Crippen LogP contribution in [0.4, 0.5) is 0 Å². The second kappa shape index (κ2) is 17.5. The molecule has 58 heavy (non-hydrogen) atoms. The lowest BCUT2D eigenvalue weighted by Gasteiger charge is -2.21. The van der Waals surface area contributed by atoms with Crippen molar-refractivity contribution in [3.05, 3.63) is 145 Å². The molecule has 8 nitrogen and oxygen atoms in total. The molecule has 0 saturated carbocycles. The topological polar surface area (TPSA) is 81.7 Å². The van der Waals surface area contributed by atoms with Crippen molar-refractivity contribution in [2.45, 2.75) is 52.4 Å². The van der Waals surface area contributed by atoms with Crippen LogP contribution in [0.15, 0.2) is 142 Å². The summed E-state index contributed by atoms with van der Waals surface area (Å²) in [5.41, 5.74) is 4.38. The van der Waals surface area contributed by atoms with Gasteiger partial charge in [-0.3, -0.25) is 0 Å². The van der Waals surface area contributed by atoms with E-state index in [2.05, 4.69) is 41.5 Å². The fraction of sp³-hybridized carbons (Fsp3) is 0.250. The molecule has 0 saturated heterocycles. The third-order valence-electron chi connectivity index (χ3n) is 9.50. The second-order valence-corrected chi connectivity index (χ2v) is 18.3. The zero-order chi connectivity index (χ0) is 40.9. The quantitative estimate of drug-likeness (QED) is 0.106. The molecule has 0 atom stereocenters. The molecular weight excluding hydrogens is 766 g/mol. The monoisotopic (exact) mass is 816 g/mol. The van der Waals surface area contributed by atoms with Gasteiger partial charge in [0.15, 0.2) is 0 Å². The number of ether oxygens (including phenoxy) is 3. The van der Waals surface area contributed by atoms with Crippen molar-refractivity contribution in [3.63, 3.8) is 0 Å². The molecule has 7 aromatic rings. The number of hydrogen-bond donors (Lipinski definition) is 0. The zero-order valence-corrected chi connectivity index (χ0v) is 36.1. The molecule has 300 valence electrons. The lowest BCUT2D eigenvalue weighted by molar-refractivity contribution is 0.337. The highest BCUT2D eigenvalue weighted by Gasteiger charge is 2.27. The number of rotatable bonds is 13. The Hall–Kier alpha value is -5.55. The molecule has 10 heteroatoms. The minimum atomic E-state index is -2.04. The van der Waals surface area contributed by atoms with E-state index in [0.29, 0.717) is 35.4 Å². The van der Waals surface area contributed by atoms with E-state index >= 15 is 0 Å². The molecule has 6 aromatic carbocycles. The summed E-state index contributed by atoms with van der Waals surface area (Å²) in [7, 11) is -0.0404. The highest BCUT2D eigenvalue weighted by Crippen LogP contribution is 2.48. The standard InChI is InChI=1S/C48H50O8P2/c1-47(2,3)41-31-35(49-7)29-39-40-30-36(50-8)32-42(48(4,5)6)46(40)56-58(55-45(39)41)54-44-26-18-16-24-38(44)37-23-15-17-25-43(37)51-27-28-57(52-33-19-11-9-12-20-33)53-34-21-13-10-14-22-34/h9-26,29-32H,27-28H2,1-8H3. The van der Waals surface area contributed by atoms with Gasteiger partial charge in [-0.05, 0) is 71.5 Å². The normalized spacial score (nSPS) is 11.7. The molecule has 0 fully saturated rings. The van der Waals surface area contributed by atoms with Crippen LogP contribution < -0.4 is 27.8 Å². The summed E-state index contributed by atoms with van der Waals surface area (Å²) in [5, 5.41) is 1.69. The van der Waals surface area contributed by atoms with Crippen molar-refractivity contribution in [1.29, 1.82) is 0 Å². The summed E-state index contributed by atoms with van der Waals surface area (Å²) < 4.78 is 51.6. The van der Waals surface area contributed by atoms with E-state index in [0.717, 1.165) is 56.0 Å². The van der Waals surface area contributed by atoms with Crippen LogP contribution in [-0.2, 0) is 10.8 Å². The third-order valence-corrected chi connectivity index (χ3v) is 11.9. The van der Waals surface area contributed by atoms with Gasteiger partial charge >= 0.3 is 8.24 Å². The molecule has 0 N–H and O–H groups in total. The predicted molar refractivity (Wildman–Crippen MR) is 236 cm³/mol. The molecule has 0 aliphatic rings. The molecule has 1 aromatic heterocycles. The van der Waals surface area contributed by atoms with E-state index in [4.69, 9.17) is 36.2 Å². The summed E-state index contributed by atoms with van der Waals surface area (Å²) in [6, 6.07) is 43.3. The Balaban J connectivity index is 1.28. The summed E-state index contributed by atoms with van der Waals surface area (Å²) in [6.07, 6.45) is 0.527. The molecule has 0 spiro atoms. The lowest BCUT2D eigenvalue weighted by atomic mass is 9.84. The Morgan fingerprint density at radius 3 is 1.41 bits per heavy atom. The molecular formula is C48H50O8P2. The van der Waals surface area contributed by atoms with E-state index in [1.165, 1.54) is 0 Å². The minimum absolute atomic E-state index is 0.303. The van der Waals surface area contributed by atoms with Crippen molar-refractivity contribution in [1.82, 2.24) is 0 Å². The van der Waals surface area contributed by atoms with Crippen LogP contribution in [0, 0.1) is 0 Å². The SMILES string of the molecule is COc1cc(C(C)(C)C)c2op(Oc3ccccc3-c3ccccc3OCCP(Oc3ccccc3)Oc3ccccc3)oc3c(C(C)(C)C)cc(OC)cc3c2c1. The van der Waals surface area contributed by atoms with Crippen LogP contribution in [0.5, 0.6) is 34.5 Å². The van der Waals surface area contributed by atoms with Crippen LogP contribution in [0.2, 0.25) is 0 Å². The Bertz CT molecular complexity index is 2400. The zero-order valence-electron chi connectivity index (χ0n) is 34.3. The van der Waals surface area contributed by atoms with E-state index in [-0.39, 0.29) is 10.8 Å². The maximum Gasteiger partial charge on any atom is 0.453 e. The minimum Gasteiger partial charge on any atom is -0.497 e. The number of hydrogen-bond acceptors (Lipinski definition) is 8. The van der Waals surface area contributed by atoms with Gasteiger partial charge in [-0.25, -0.2) is 0 Å². The van der Waals surface area contributed by atoms with Crippen molar-refractivity contribution in [2.75, 3.05) is 27.0 Å². The van der Waals surface area contributed by atoms with Crippen LogP contribution in [0.1, 0.15) is 52.7 Å². The Morgan fingerprint density at radius 1 is 0.517 bits per heavy atom. The molecule has 0 amide bonds. The van der Waals surface area contributed by atoms with Gasteiger partial charge in [-0.2, -0.15) is 0 Å². The van der Waals surface area contributed by atoms with Gasteiger partial charge in [0, 0.05) is 33.0 Å². The van der Waals surface area contributed by atoms with Gasteiger partial charge in [0.05, 0.1) is 27.0 Å². The van der Waals surface area contributed by atoms with Crippen LogP contribution in [-0.4, -0.2) is 27.0 Å². The first-order valence-electron chi connectivity index (χ1n) is 19.3. The summed E-state index contributed by atoms with van der Waals surface area (Å²) in [5.74, 6) is 4.22. The van der Waals surface area contributed by atoms with Gasteiger partial charge in [-0.1, -0.05) is 114 Å². The van der Waals surface area contributed by atoms with Crippen LogP contribution >= 0.6 is 16.6 Å². The average molecular weight is 817 g/mol. The highest BCUT2D eigenvalue weighted by molar-refractivity contribution is 7.48. The number of benzene rings is 6. The first-order valence-corrected chi connectivity index (χ1v) is 21.7. The van der Waals surface area contributed by atoms with E-state index < -0.39 is 16.6 Å². The van der Waals surface area contributed by atoms with Crippen molar-refractivity contribution < 1.29 is 36.2 Å². The van der Waals surface area contributed by atoms with E-state index in [9.17, 15) is 0 Å². The second-order valence-electron chi connectivity index (χ2n) is 15.8. The van der Waals surface area contributed by atoms with Crippen LogP contribution in [0.3, 0.4) is 0 Å². The highest BCUT2D eigenvalue weighted by atomic mass is 31.2. The Kier molecular flexibility index (Phi) is 12.3. The predicted octanol–water partition coefficient (Wildman–Crippen LogP) is 14.3. The maximum atomic E-state index is 6.92. The fourth-order valence-corrected chi connectivity index (χ4v) is 8.86. The maximum absolute atomic E-state index is 6.92. The summed E-state index contributed by atoms with van der Waals surface area (Å²) >= 11 is 0. The summed E-state index contributed by atoms with van der Waals surface area (Å²) in [6.45, 7) is 13.3. The number of para-hydroxylation sites is 4. The third kappa shape index (κ3) is 9.42. The van der Waals surface area contributed by atoms with Gasteiger partial charge < -0.3 is 36.2 Å². The summed E-state index contributed by atoms with van der Waals surface area (Å²) in [4.78, 5) is 0. The first-order chi connectivity index (χ1) is 27.9. The molecule has 0 aliphatic carbocycles. The fourth-order valence-electron chi connectivity index (χ4n) is 6.56.